The molecule has 0 saturated heterocycles. The molecule has 0 fully saturated rings. The first kappa shape index (κ1) is 10.1. The third-order valence-electron chi connectivity index (χ3n) is 2.46. The summed E-state index contributed by atoms with van der Waals surface area (Å²) in [6.07, 6.45) is 0.741. The second-order valence-electron chi connectivity index (χ2n) is 3.78. The summed E-state index contributed by atoms with van der Waals surface area (Å²) in [7, 11) is 0. The predicted molar refractivity (Wildman–Crippen MR) is 61.8 cm³/mol. The van der Waals surface area contributed by atoms with E-state index in [-0.39, 0.29) is 0 Å². The molecule has 1 aromatic carbocycles. The number of fused-ring (bicyclic) bond motifs is 1. The van der Waals surface area contributed by atoms with Crippen LogP contribution >= 0.6 is 0 Å². The van der Waals surface area contributed by atoms with Gasteiger partial charge in [-0.3, -0.25) is 0 Å². The van der Waals surface area contributed by atoms with E-state index in [1.54, 1.807) is 0 Å². The molecule has 78 valence electrons. The summed E-state index contributed by atoms with van der Waals surface area (Å²) in [4.78, 5) is 8.92. The van der Waals surface area contributed by atoms with Crippen LogP contribution in [0.25, 0.3) is 10.9 Å². The number of rotatable bonds is 2. The first-order valence-electron chi connectivity index (χ1n) is 5.14. The van der Waals surface area contributed by atoms with E-state index in [0.717, 1.165) is 28.8 Å². The molecule has 0 radical (unpaired) electrons. The Morgan fingerprint density at radius 1 is 1.20 bits per heavy atom. The smallest absolute Gasteiger partial charge is 0.130 e. The van der Waals surface area contributed by atoms with Gasteiger partial charge in [0.15, 0.2) is 0 Å². The molecule has 2 rings (SSSR count). The fourth-order valence-electron chi connectivity index (χ4n) is 1.70. The number of aromatic nitrogens is 2. The van der Waals surface area contributed by atoms with Gasteiger partial charge in [-0.05, 0) is 32.5 Å². The van der Waals surface area contributed by atoms with E-state index in [9.17, 15) is 0 Å². The van der Waals surface area contributed by atoms with Crippen molar-refractivity contribution in [2.45, 2.75) is 20.3 Å². The zero-order chi connectivity index (χ0) is 10.8. The van der Waals surface area contributed by atoms with Crippen LogP contribution in [0.3, 0.4) is 0 Å². The highest BCUT2D eigenvalue weighted by molar-refractivity contribution is 5.81. The van der Waals surface area contributed by atoms with Crippen LogP contribution in [0, 0.1) is 13.8 Å². The van der Waals surface area contributed by atoms with E-state index < -0.39 is 0 Å². The normalized spacial score (nSPS) is 10.9. The molecule has 1 heterocycles. The van der Waals surface area contributed by atoms with E-state index in [2.05, 4.69) is 29.0 Å². The van der Waals surface area contributed by atoms with Gasteiger partial charge in [0, 0.05) is 17.5 Å². The van der Waals surface area contributed by atoms with Crippen molar-refractivity contribution in [3.8, 4) is 0 Å². The Morgan fingerprint density at radius 2 is 2.00 bits per heavy atom. The van der Waals surface area contributed by atoms with Crippen molar-refractivity contribution >= 4 is 10.9 Å². The van der Waals surface area contributed by atoms with Crippen molar-refractivity contribution < 1.29 is 0 Å². The maximum absolute atomic E-state index is 5.50. The first-order valence-corrected chi connectivity index (χ1v) is 5.14. The third-order valence-corrected chi connectivity index (χ3v) is 2.46. The Morgan fingerprint density at radius 3 is 2.73 bits per heavy atom. The molecular formula is C12H15N3. The van der Waals surface area contributed by atoms with Gasteiger partial charge in [-0.1, -0.05) is 11.6 Å². The molecule has 0 spiro atoms. The summed E-state index contributed by atoms with van der Waals surface area (Å²) in [6.45, 7) is 4.69. The topological polar surface area (TPSA) is 51.8 Å². The van der Waals surface area contributed by atoms with Crippen molar-refractivity contribution in [2.75, 3.05) is 6.54 Å². The van der Waals surface area contributed by atoms with Crippen LogP contribution in [0.5, 0.6) is 0 Å². The highest BCUT2D eigenvalue weighted by Crippen LogP contribution is 2.16. The largest absolute Gasteiger partial charge is 0.330 e. The molecule has 2 aromatic rings. The second-order valence-corrected chi connectivity index (χ2v) is 3.78. The van der Waals surface area contributed by atoms with Crippen LogP contribution in [0.1, 0.15) is 17.1 Å². The van der Waals surface area contributed by atoms with Crippen LogP contribution in [0.15, 0.2) is 18.2 Å². The van der Waals surface area contributed by atoms with Crippen LogP contribution in [0.2, 0.25) is 0 Å². The molecule has 0 atom stereocenters. The highest BCUT2D eigenvalue weighted by atomic mass is 14.9. The molecule has 2 N–H and O–H groups in total. The van der Waals surface area contributed by atoms with Gasteiger partial charge < -0.3 is 5.73 Å². The van der Waals surface area contributed by atoms with Gasteiger partial charge >= 0.3 is 0 Å². The van der Waals surface area contributed by atoms with Crippen LogP contribution < -0.4 is 5.73 Å². The van der Waals surface area contributed by atoms with Crippen molar-refractivity contribution in [3.63, 3.8) is 0 Å². The van der Waals surface area contributed by atoms with E-state index in [1.807, 2.05) is 13.0 Å². The van der Waals surface area contributed by atoms with E-state index in [4.69, 9.17) is 5.73 Å². The number of benzene rings is 1. The molecule has 0 aliphatic carbocycles. The van der Waals surface area contributed by atoms with Gasteiger partial charge in [0.1, 0.15) is 5.82 Å². The molecule has 1 aromatic heterocycles. The molecule has 0 unspecified atom stereocenters. The van der Waals surface area contributed by atoms with Crippen molar-refractivity contribution in [1.29, 1.82) is 0 Å². The molecular weight excluding hydrogens is 186 g/mol. The van der Waals surface area contributed by atoms with Gasteiger partial charge in [0.2, 0.25) is 0 Å². The van der Waals surface area contributed by atoms with Crippen molar-refractivity contribution in [2.24, 2.45) is 5.73 Å². The molecule has 0 bridgehead atoms. The lowest BCUT2D eigenvalue weighted by atomic mass is 10.1. The lowest BCUT2D eigenvalue weighted by Gasteiger charge is -2.05. The number of nitrogens with two attached hydrogens (primary N) is 1. The molecule has 15 heavy (non-hydrogen) atoms. The molecule has 0 aliphatic rings. The Bertz CT molecular complexity index is 491. The molecule has 3 heteroatoms. The lowest BCUT2D eigenvalue weighted by Crippen LogP contribution is -2.07. The summed E-state index contributed by atoms with van der Waals surface area (Å²) in [5.74, 6) is 0.839. The molecule has 0 amide bonds. The van der Waals surface area contributed by atoms with Crippen molar-refractivity contribution in [1.82, 2.24) is 9.97 Å². The van der Waals surface area contributed by atoms with Crippen molar-refractivity contribution in [3.05, 3.63) is 35.3 Å². The minimum Gasteiger partial charge on any atom is -0.330 e. The fraction of sp³-hybridized carbons (Fsp3) is 0.333. The monoisotopic (exact) mass is 201 g/mol. The van der Waals surface area contributed by atoms with Gasteiger partial charge in [-0.25, -0.2) is 9.97 Å². The fourth-order valence-corrected chi connectivity index (χ4v) is 1.70. The van der Waals surface area contributed by atoms with E-state index >= 15 is 0 Å². The molecule has 0 aliphatic heterocycles. The van der Waals surface area contributed by atoms with Crippen LogP contribution in [0.4, 0.5) is 0 Å². The minimum absolute atomic E-state index is 0.594. The molecule has 3 nitrogen and oxygen atoms in total. The zero-order valence-electron chi connectivity index (χ0n) is 9.12. The Kier molecular flexibility index (Phi) is 2.64. The standard InChI is InChI=1S/C12H15N3/c1-8-3-4-11-10(7-8)9(2)14-12(15-11)5-6-13/h3-4,7H,5-6,13H2,1-2H3. The summed E-state index contributed by atoms with van der Waals surface area (Å²) in [5, 5.41) is 1.13. The minimum atomic E-state index is 0.594. The van der Waals surface area contributed by atoms with Gasteiger partial charge in [0.25, 0.3) is 0 Å². The summed E-state index contributed by atoms with van der Waals surface area (Å²) in [5.41, 5.74) is 8.78. The first-order chi connectivity index (χ1) is 7.20. The second kappa shape index (κ2) is 3.95. The Hall–Kier alpha value is -1.48. The van der Waals surface area contributed by atoms with E-state index in [0.29, 0.717) is 6.54 Å². The summed E-state index contributed by atoms with van der Waals surface area (Å²) >= 11 is 0. The lowest BCUT2D eigenvalue weighted by molar-refractivity contribution is 0.869. The average molecular weight is 201 g/mol. The van der Waals surface area contributed by atoms with Gasteiger partial charge in [-0.15, -0.1) is 0 Å². The number of aryl methyl sites for hydroxylation is 2. The number of nitrogens with zero attached hydrogens (tertiary/aromatic N) is 2. The maximum atomic E-state index is 5.50. The van der Waals surface area contributed by atoms with Crippen LogP contribution in [-0.4, -0.2) is 16.5 Å². The van der Waals surface area contributed by atoms with Gasteiger partial charge in [0.05, 0.1) is 5.52 Å². The summed E-state index contributed by atoms with van der Waals surface area (Å²) < 4.78 is 0. The highest BCUT2D eigenvalue weighted by Gasteiger charge is 2.03. The quantitative estimate of drug-likeness (QED) is 0.805. The Balaban J connectivity index is 2.62. The number of hydrogen-bond donors (Lipinski definition) is 1. The summed E-state index contributed by atoms with van der Waals surface area (Å²) in [6, 6.07) is 6.23. The third kappa shape index (κ3) is 1.97. The number of hydrogen-bond acceptors (Lipinski definition) is 3. The Labute approximate surface area is 89.4 Å². The predicted octanol–water partition coefficient (Wildman–Crippen LogP) is 1.75. The van der Waals surface area contributed by atoms with E-state index in [1.165, 1.54) is 5.56 Å². The maximum Gasteiger partial charge on any atom is 0.130 e. The zero-order valence-corrected chi connectivity index (χ0v) is 9.12. The van der Waals surface area contributed by atoms with Gasteiger partial charge in [-0.2, -0.15) is 0 Å². The van der Waals surface area contributed by atoms with Crippen LogP contribution in [-0.2, 0) is 6.42 Å². The SMILES string of the molecule is Cc1ccc2nc(CCN)nc(C)c2c1. The molecule has 0 saturated carbocycles. The average Bonchev–Trinajstić information content (AvgIpc) is 2.20.